The molecule has 0 aliphatic heterocycles. The lowest BCUT2D eigenvalue weighted by Gasteiger charge is -2.15. The van der Waals surface area contributed by atoms with Crippen LogP contribution in [-0.4, -0.2) is 26.0 Å². The van der Waals surface area contributed by atoms with E-state index in [0.29, 0.717) is 6.54 Å². The molecule has 0 bridgehead atoms. The second kappa shape index (κ2) is 14.4. The van der Waals surface area contributed by atoms with E-state index in [1.54, 1.807) is 0 Å². The van der Waals surface area contributed by atoms with Gasteiger partial charge in [-0.25, -0.2) is 0 Å². The number of hydrogen-bond donors (Lipinski definition) is 2. The van der Waals surface area contributed by atoms with Gasteiger partial charge in [0, 0.05) is 18.9 Å². The SMILES string of the molecule is CCCCCC(CCCC)C(=O)NCC#CCCNC. The molecule has 2 N–H and O–H groups in total. The lowest BCUT2D eigenvalue weighted by atomic mass is 9.94. The van der Waals surface area contributed by atoms with Gasteiger partial charge in [-0.3, -0.25) is 4.79 Å². The highest BCUT2D eigenvalue weighted by Gasteiger charge is 2.16. The Balaban J connectivity index is 4.00. The Kier molecular flexibility index (Phi) is 13.7. The normalized spacial score (nSPS) is 11.6. The van der Waals surface area contributed by atoms with Crippen LogP contribution in [0.5, 0.6) is 0 Å². The summed E-state index contributed by atoms with van der Waals surface area (Å²) < 4.78 is 0. The Morgan fingerprint density at radius 1 is 1.05 bits per heavy atom. The largest absolute Gasteiger partial charge is 0.345 e. The van der Waals surface area contributed by atoms with Crippen LogP contribution in [0.4, 0.5) is 0 Å². The maximum absolute atomic E-state index is 12.1. The molecule has 116 valence electrons. The van der Waals surface area contributed by atoms with Gasteiger partial charge in [0.05, 0.1) is 6.54 Å². The molecule has 0 spiro atoms. The molecule has 0 fully saturated rings. The standard InChI is InChI=1S/C17H32N2O/c1-4-6-9-13-16(12-7-5-2)17(20)19-15-11-8-10-14-18-3/h16,18H,4-7,9-10,12-15H2,1-3H3,(H,19,20). The minimum Gasteiger partial charge on any atom is -0.345 e. The molecule has 20 heavy (non-hydrogen) atoms. The molecule has 0 radical (unpaired) electrons. The minimum absolute atomic E-state index is 0.181. The number of rotatable bonds is 11. The van der Waals surface area contributed by atoms with Crippen LogP contribution in [0, 0.1) is 17.8 Å². The molecule has 0 saturated heterocycles. The van der Waals surface area contributed by atoms with E-state index in [2.05, 4.69) is 36.3 Å². The van der Waals surface area contributed by atoms with Gasteiger partial charge in [0.2, 0.25) is 5.91 Å². The molecule has 1 amide bonds. The summed E-state index contributed by atoms with van der Waals surface area (Å²) in [4.78, 5) is 12.1. The molecule has 0 aliphatic rings. The smallest absolute Gasteiger partial charge is 0.223 e. The van der Waals surface area contributed by atoms with Crippen LogP contribution < -0.4 is 10.6 Å². The van der Waals surface area contributed by atoms with Crippen LogP contribution in [0.3, 0.4) is 0 Å². The van der Waals surface area contributed by atoms with E-state index < -0.39 is 0 Å². The van der Waals surface area contributed by atoms with Gasteiger partial charge in [0.15, 0.2) is 0 Å². The van der Waals surface area contributed by atoms with Crippen LogP contribution >= 0.6 is 0 Å². The Hall–Kier alpha value is -1.01. The van der Waals surface area contributed by atoms with Crippen molar-refractivity contribution in [2.24, 2.45) is 5.92 Å². The van der Waals surface area contributed by atoms with E-state index in [4.69, 9.17) is 0 Å². The first-order valence-electron chi connectivity index (χ1n) is 8.14. The fourth-order valence-corrected chi connectivity index (χ4v) is 2.11. The first-order chi connectivity index (χ1) is 9.76. The first kappa shape index (κ1) is 19.0. The quantitative estimate of drug-likeness (QED) is 0.451. The van der Waals surface area contributed by atoms with Crippen molar-refractivity contribution in [2.75, 3.05) is 20.1 Å². The van der Waals surface area contributed by atoms with Crippen LogP contribution in [0.1, 0.15) is 65.2 Å². The van der Waals surface area contributed by atoms with Crippen molar-refractivity contribution in [3.8, 4) is 11.8 Å². The van der Waals surface area contributed by atoms with Crippen molar-refractivity contribution in [3.63, 3.8) is 0 Å². The van der Waals surface area contributed by atoms with Crippen LogP contribution in [-0.2, 0) is 4.79 Å². The van der Waals surface area contributed by atoms with Gasteiger partial charge in [-0.05, 0) is 19.9 Å². The number of hydrogen-bond acceptors (Lipinski definition) is 2. The molecule has 0 aromatic rings. The number of carbonyl (C=O) groups excluding carboxylic acids is 1. The average molecular weight is 280 g/mol. The molecule has 0 rings (SSSR count). The summed E-state index contributed by atoms with van der Waals surface area (Å²) in [5, 5.41) is 6.01. The molecule has 3 nitrogen and oxygen atoms in total. The Bertz CT molecular complexity index is 291. The zero-order valence-electron chi connectivity index (χ0n) is 13.6. The third kappa shape index (κ3) is 10.9. The van der Waals surface area contributed by atoms with E-state index in [-0.39, 0.29) is 11.8 Å². The third-order valence-electron chi connectivity index (χ3n) is 3.41. The highest BCUT2D eigenvalue weighted by Crippen LogP contribution is 2.17. The summed E-state index contributed by atoms with van der Waals surface area (Å²) in [5.74, 6) is 6.43. The van der Waals surface area contributed by atoms with E-state index in [0.717, 1.165) is 45.1 Å². The number of nitrogens with one attached hydrogen (secondary N) is 2. The van der Waals surface area contributed by atoms with Gasteiger partial charge in [-0.1, -0.05) is 51.9 Å². The highest BCUT2D eigenvalue weighted by atomic mass is 16.1. The Labute approximate surface area is 125 Å². The van der Waals surface area contributed by atoms with E-state index in [1.165, 1.54) is 12.8 Å². The summed E-state index contributed by atoms with van der Waals surface area (Å²) >= 11 is 0. The van der Waals surface area contributed by atoms with Crippen molar-refractivity contribution in [2.45, 2.75) is 65.2 Å². The summed E-state index contributed by atoms with van der Waals surface area (Å²) in [6.07, 6.45) is 8.75. The fourth-order valence-electron chi connectivity index (χ4n) is 2.11. The molecule has 3 heteroatoms. The molecule has 0 aromatic carbocycles. The van der Waals surface area contributed by atoms with Gasteiger partial charge in [-0.2, -0.15) is 0 Å². The second-order valence-electron chi connectivity index (χ2n) is 5.26. The predicted molar refractivity (Wildman–Crippen MR) is 86.5 cm³/mol. The number of unbranched alkanes of at least 4 members (excludes halogenated alkanes) is 3. The summed E-state index contributed by atoms with van der Waals surface area (Å²) in [7, 11) is 1.91. The average Bonchev–Trinajstić information content (AvgIpc) is 2.46. The summed E-state index contributed by atoms with van der Waals surface area (Å²) in [6, 6.07) is 0. The predicted octanol–water partition coefficient (Wildman–Crippen LogP) is 3.10. The third-order valence-corrected chi connectivity index (χ3v) is 3.41. The van der Waals surface area contributed by atoms with Gasteiger partial charge in [0.25, 0.3) is 0 Å². The zero-order chi connectivity index (χ0) is 15.1. The molecule has 1 atom stereocenters. The van der Waals surface area contributed by atoms with Crippen LogP contribution in [0.25, 0.3) is 0 Å². The molecular weight excluding hydrogens is 248 g/mol. The highest BCUT2D eigenvalue weighted by molar-refractivity contribution is 5.78. The monoisotopic (exact) mass is 280 g/mol. The Morgan fingerprint density at radius 3 is 2.40 bits per heavy atom. The van der Waals surface area contributed by atoms with Gasteiger partial charge < -0.3 is 10.6 Å². The lowest BCUT2D eigenvalue weighted by Crippen LogP contribution is -2.31. The van der Waals surface area contributed by atoms with Crippen molar-refractivity contribution in [1.82, 2.24) is 10.6 Å². The molecule has 1 unspecified atom stereocenters. The number of amides is 1. The summed E-state index contributed by atoms with van der Waals surface area (Å²) in [6.45, 7) is 5.76. The molecular formula is C17H32N2O. The molecule has 0 heterocycles. The lowest BCUT2D eigenvalue weighted by molar-refractivity contribution is -0.125. The number of carbonyl (C=O) groups is 1. The van der Waals surface area contributed by atoms with E-state index >= 15 is 0 Å². The van der Waals surface area contributed by atoms with Crippen molar-refractivity contribution >= 4 is 5.91 Å². The molecule has 0 aliphatic carbocycles. The van der Waals surface area contributed by atoms with Crippen molar-refractivity contribution in [1.29, 1.82) is 0 Å². The summed E-state index contributed by atoms with van der Waals surface area (Å²) in [5.41, 5.74) is 0. The topological polar surface area (TPSA) is 41.1 Å². The molecule has 0 saturated carbocycles. The second-order valence-corrected chi connectivity index (χ2v) is 5.26. The maximum Gasteiger partial charge on any atom is 0.223 e. The molecule has 0 aromatic heterocycles. The first-order valence-corrected chi connectivity index (χ1v) is 8.14. The van der Waals surface area contributed by atoms with Crippen LogP contribution in [0.2, 0.25) is 0 Å². The Morgan fingerprint density at radius 2 is 1.75 bits per heavy atom. The van der Waals surface area contributed by atoms with Gasteiger partial charge >= 0.3 is 0 Å². The maximum atomic E-state index is 12.1. The van der Waals surface area contributed by atoms with Crippen molar-refractivity contribution < 1.29 is 4.79 Å². The van der Waals surface area contributed by atoms with E-state index in [1.807, 2.05) is 7.05 Å². The van der Waals surface area contributed by atoms with Crippen molar-refractivity contribution in [3.05, 3.63) is 0 Å². The zero-order valence-corrected chi connectivity index (χ0v) is 13.6. The van der Waals surface area contributed by atoms with E-state index in [9.17, 15) is 4.79 Å². The van der Waals surface area contributed by atoms with Gasteiger partial charge in [-0.15, -0.1) is 5.92 Å². The van der Waals surface area contributed by atoms with Gasteiger partial charge in [0.1, 0.15) is 0 Å². The van der Waals surface area contributed by atoms with Crippen LogP contribution in [0.15, 0.2) is 0 Å². The minimum atomic E-state index is 0.181. The fraction of sp³-hybridized carbons (Fsp3) is 0.824.